The fourth-order valence-electron chi connectivity index (χ4n) is 1.79. The summed E-state index contributed by atoms with van der Waals surface area (Å²) >= 11 is 5.70. The summed E-state index contributed by atoms with van der Waals surface area (Å²) in [6.45, 7) is 2.01. The van der Waals surface area contributed by atoms with Crippen LogP contribution in [0, 0.1) is 0 Å². The van der Waals surface area contributed by atoms with Gasteiger partial charge in [0.15, 0.2) is 5.69 Å². The van der Waals surface area contributed by atoms with Crippen molar-refractivity contribution < 1.29 is 0 Å². The molecule has 3 nitrogen and oxygen atoms in total. The number of nitrogens with zero attached hydrogens (tertiary/aromatic N) is 2. The second-order valence-electron chi connectivity index (χ2n) is 3.53. The number of rotatable bonds is 1. The number of aromatic nitrogens is 1. The minimum Gasteiger partial charge on any atom is -0.238 e. The van der Waals surface area contributed by atoms with Crippen molar-refractivity contribution in [3.05, 3.63) is 23.5 Å². The van der Waals surface area contributed by atoms with E-state index in [1.54, 1.807) is 12.3 Å². The highest BCUT2D eigenvalue weighted by Gasteiger charge is 2.31. The van der Waals surface area contributed by atoms with Crippen LogP contribution in [0.3, 0.4) is 0 Å². The van der Waals surface area contributed by atoms with Crippen LogP contribution in [0.2, 0.25) is 5.15 Å². The van der Waals surface area contributed by atoms with Gasteiger partial charge in [0.1, 0.15) is 18.2 Å². The molecule has 0 aliphatic carbocycles. The van der Waals surface area contributed by atoms with E-state index in [0.29, 0.717) is 9.75 Å². The van der Waals surface area contributed by atoms with E-state index in [4.69, 9.17) is 17.4 Å². The van der Waals surface area contributed by atoms with E-state index in [2.05, 4.69) is 4.98 Å². The Balaban J connectivity index is 0.000000980. The summed E-state index contributed by atoms with van der Waals surface area (Å²) in [5.41, 5.74) is 1.06. The van der Waals surface area contributed by atoms with Crippen LogP contribution in [-0.4, -0.2) is 18.1 Å². The quantitative estimate of drug-likeness (QED) is 0.484. The summed E-state index contributed by atoms with van der Waals surface area (Å²) in [5.74, 6) is 6.18. The zero-order chi connectivity index (χ0) is 9.31. The second kappa shape index (κ2) is 5.87. The number of hydrogen-bond donors (Lipinski definition) is 1. The van der Waals surface area contributed by atoms with Crippen molar-refractivity contribution in [2.24, 2.45) is 5.84 Å². The summed E-state index contributed by atoms with van der Waals surface area (Å²) in [5, 5.41) is 0.523. The standard InChI is InChI=1S/C9H13ClN3.2ClH/c10-9-4-3-8(7-12-9)13(11)5-1-2-6-13;;/h3-4,7H,1-2,5-6,11H2;2*1H/q+1;;. The Morgan fingerprint density at radius 1 is 1.20 bits per heavy atom. The predicted molar refractivity (Wildman–Crippen MR) is 68.7 cm³/mol. The molecule has 1 aromatic heterocycles. The molecule has 0 unspecified atom stereocenters. The van der Waals surface area contributed by atoms with E-state index in [1.165, 1.54) is 12.8 Å². The third-order valence-corrected chi connectivity index (χ3v) is 2.81. The van der Waals surface area contributed by atoms with Gasteiger partial charge in [0, 0.05) is 18.9 Å². The monoisotopic (exact) mass is 270 g/mol. The average molecular weight is 272 g/mol. The molecular weight excluding hydrogens is 256 g/mol. The van der Waals surface area contributed by atoms with E-state index in [9.17, 15) is 0 Å². The molecule has 86 valence electrons. The zero-order valence-electron chi connectivity index (χ0n) is 8.23. The van der Waals surface area contributed by atoms with Crippen molar-refractivity contribution in [2.75, 3.05) is 13.1 Å². The van der Waals surface area contributed by atoms with Gasteiger partial charge in [-0.15, -0.1) is 24.8 Å². The van der Waals surface area contributed by atoms with Crippen LogP contribution >= 0.6 is 36.4 Å². The summed E-state index contributed by atoms with van der Waals surface area (Å²) in [6.07, 6.45) is 4.16. The Morgan fingerprint density at radius 3 is 2.27 bits per heavy atom. The van der Waals surface area contributed by atoms with Crippen molar-refractivity contribution in [1.29, 1.82) is 0 Å². The Kier molecular flexibility index (Phi) is 5.85. The third-order valence-electron chi connectivity index (χ3n) is 2.59. The molecule has 0 bridgehead atoms. The Labute approximate surface area is 107 Å². The van der Waals surface area contributed by atoms with E-state index in [0.717, 1.165) is 18.8 Å². The second-order valence-corrected chi connectivity index (χ2v) is 3.91. The van der Waals surface area contributed by atoms with Gasteiger partial charge in [0.2, 0.25) is 0 Å². The molecule has 0 radical (unpaired) electrons. The van der Waals surface area contributed by atoms with Crippen LogP contribution in [0.15, 0.2) is 18.3 Å². The molecule has 15 heavy (non-hydrogen) atoms. The van der Waals surface area contributed by atoms with Gasteiger partial charge < -0.3 is 0 Å². The molecule has 1 aliphatic heterocycles. The largest absolute Gasteiger partial charge is 0.238 e. The maximum Gasteiger partial charge on any atom is 0.170 e. The van der Waals surface area contributed by atoms with Crippen molar-refractivity contribution in [3.63, 3.8) is 0 Å². The molecule has 2 rings (SSSR count). The first-order valence-electron chi connectivity index (χ1n) is 4.48. The van der Waals surface area contributed by atoms with E-state index < -0.39 is 0 Å². The van der Waals surface area contributed by atoms with Crippen molar-refractivity contribution in [1.82, 2.24) is 9.58 Å². The van der Waals surface area contributed by atoms with Gasteiger partial charge in [0.05, 0.1) is 6.20 Å². The number of nitrogens with two attached hydrogens (primary N) is 1. The zero-order valence-corrected chi connectivity index (χ0v) is 10.6. The van der Waals surface area contributed by atoms with Gasteiger partial charge in [0.25, 0.3) is 0 Å². The summed E-state index contributed by atoms with van der Waals surface area (Å²) in [6, 6.07) is 3.75. The summed E-state index contributed by atoms with van der Waals surface area (Å²) in [4.78, 5) is 4.04. The van der Waals surface area contributed by atoms with E-state index in [1.807, 2.05) is 6.07 Å². The van der Waals surface area contributed by atoms with Crippen molar-refractivity contribution in [2.45, 2.75) is 12.8 Å². The lowest BCUT2D eigenvalue weighted by atomic mass is 10.3. The highest BCUT2D eigenvalue weighted by Crippen LogP contribution is 2.24. The van der Waals surface area contributed by atoms with Crippen LogP contribution in [0.25, 0.3) is 0 Å². The van der Waals surface area contributed by atoms with Gasteiger partial charge in [-0.2, -0.15) is 5.84 Å². The van der Waals surface area contributed by atoms with Crippen LogP contribution in [-0.2, 0) is 0 Å². The fraction of sp³-hybridized carbons (Fsp3) is 0.444. The molecule has 1 aliphatic rings. The lowest BCUT2D eigenvalue weighted by Gasteiger charge is -2.26. The van der Waals surface area contributed by atoms with Crippen molar-refractivity contribution in [3.8, 4) is 0 Å². The number of pyridine rings is 1. The summed E-state index contributed by atoms with van der Waals surface area (Å²) in [7, 11) is 0. The average Bonchev–Trinajstić information content (AvgIpc) is 2.54. The first-order chi connectivity index (χ1) is 6.21. The Hall–Kier alpha value is -0.0600. The molecular formula is C9H15Cl3N3+. The molecule has 1 fully saturated rings. The third kappa shape index (κ3) is 3.20. The van der Waals surface area contributed by atoms with Crippen LogP contribution < -0.4 is 10.4 Å². The molecule has 0 aromatic carbocycles. The lowest BCUT2D eigenvalue weighted by molar-refractivity contribution is 0.346. The molecule has 2 N–H and O–H groups in total. The topological polar surface area (TPSA) is 38.9 Å². The molecule has 1 aromatic rings. The molecule has 0 spiro atoms. The number of hydrogen-bond acceptors (Lipinski definition) is 2. The van der Waals surface area contributed by atoms with Crippen LogP contribution in [0.4, 0.5) is 5.69 Å². The molecule has 0 amide bonds. The van der Waals surface area contributed by atoms with Gasteiger partial charge >= 0.3 is 0 Å². The minimum atomic E-state index is 0. The number of quaternary nitrogens is 1. The maximum atomic E-state index is 6.18. The SMILES string of the molecule is Cl.Cl.N[N+]1(c2ccc(Cl)nc2)CCCC1. The molecule has 1 saturated heterocycles. The van der Waals surface area contributed by atoms with E-state index >= 15 is 0 Å². The van der Waals surface area contributed by atoms with Crippen molar-refractivity contribution >= 4 is 42.1 Å². The van der Waals surface area contributed by atoms with Gasteiger partial charge in [-0.05, 0) is 6.07 Å². The Morgan fingerprint density at radius 2 is 1.80 bits per heavy atom. The first kappa shape index (κ1) is 14.9. The predicted octanol–water partition coefficient (Wildman–Crippen LogP) is 2.55. The highest BCUT2D eigenvalue weighted by atomic mass is 35.5. The van der Waals surface area contributed by atoms with Gasteiger partial charge in [-0.1, -0.05) is 11.6 Å². The fourth-order valence-corrected chi connectivity index (χ4v) is 1.90. The Bertz CT molecular complexity index is 296. The van der Waals surface area contributed by atoms with Crippen LogP contribution in [0.1, 0.15) is 12.8 Å². The normalized spacial score (nSPS) is 17.7. The molecule has 2 heterocycles. The smallest absolute Gasteiger partial charge is 0.170 e. The molecule has 0 atom stereocenters. The van der Waals surface area contributed by atoms with E-state index in [-0.39, 0.29) is 24.8 Å². The van der Waals surface area contributed by atoms with Crippen LogP contribution in [0.5, 0.6) is 0 Å². The molecule has 0 saturated carbocycles. The summed E-state index contributed by atoms with van der Waals surface area (Å²) < 4.78 is 0.518. The maximum absolute atomic E-state index is 6.18. The minimum absolute atomic E-state index is 0. The highest BCUT2D eigenvalue weighted by molar-refractivity contribution is 6.29. The lowest BCUT2D eigenvalue weighted by Crippen LogP contribution is -2.53. The van der Waals surface area contributed by atoms with Gasteiger partial charge in [-0.25, -0.2) is 9.58 Å². The number of halogens is 3. The molecule has 6 heteroatoms. The van der Waals surface area contributed by atoms with Gasteiger partial charge in [-0.3, -0.25) is 0 Å². The first-order valence-corrected chi connectivity index (χ1v) is 4.86.